The Labute approximate surface area is 111 Å². The molecule has 0 saturated carbocycles. The lowest BCUT2D eigenvalue weighted by Crippen LogP contribution is -2.38. The van der Waals surface area contributed by atoms with Crippen molar-refractivity contribution in [2.24, 2.45) is 0 Å². The fourth-order valence-electron chi connectivity index (χ4n) is 1.91. The molecule has 2 rings (SSSR count). The second-order valence-electron chi connectivity index (χ2n) is 4.31. The van der Waals surface area contributed by atoms with Crippen molar-refractivity contribution >= 4 is 17.2 Å². The van der Waals surface area contributed by atoms with Crippen LogP contribution in [0.4, 0.5) is 0 Å². The highest BCUT2D eigenvalue weighted by Crippen LogP contribution is 2.01. The van der Waals surface area contributed by atoms with Gasteiger partial charge in [0.05, 0.1) is 30.8 Å². The van der Waals surface area contributed by atoms with Crippen LogP contribution in [-0.4, -0.2) is 55.2 Å². The highest BCUT2D eigenvalue weighted by molar-refractivity contribution is 7.07. The van der Waals surface area contributed by atoms with Gasteiger partial charge in [0, 0.05) is 25.0 Å². The van der Waals surface area contributed by atoms with Crippen molar-refractivity contribution in [2.45, 2.75) is 12.8 Å². The van der Waals surface area contributed by atoms with Gasteiger partial charge in [0.2, 0.25) is 5.91 Å². The number of aromatic nitrogens is 1. The van der Waals surface area contributed by atoms with Gasteiger partial charge >= 0.3 is 0 Å². The van der Waals surface area contributed by atoms with Gasteiger partial charge in [-0.3, -0.25) is 9.69 Å². The number of hydrogen-bond donors (Lipinski definition) is 1. The number of nitrogens with one attached hydrogen (secondary N) is 1. The largest absolute Gasteiger partial charge is 0.379 e. The molecular weight excluding hydrogens is 250 g/mol. The van der Waals surface area contributed by atoms with Crippen molar-refractivity contribution in [3.63, 3.8) is 0 Å². The van der Waals surface area contributed by atoms with Gasteiger partial charge in [-0.15, -0.1) is 11.3 Å². The molecule has 1 aromatic heterocycles. The van der Waals surface area contributed by atoms with E-state index in [1.165, 1.54) is 11.3 Å². The summed E-state index contributed by atoms with van der Waals surface area (Å²) in [5, 5.41) is 4.84. The zero-order valence-corrected chi connectivity index (χ0v) is 11.2. The zero-order valence-electron chi connectivity index (χ0n) is 10.4. The van der Waals surface area contributed by atoms with Crippen LogP contribution in [0.25, 0.3) is 0 Å². The van der Waals surface area contributed by atoms with Crippen LogP contribution >= 0.6 is 11.3 Å². The number of nitrogens with zero attached hydrogens (tertiary/aromatic N) is 2. The monoisotopic (exact) mass is 269 g/mol. The Hall–Kier alpha value is -0.980. The van der Waals surface area contributed by atoms with Gasteiger partial charge in [-0.1, -0.05) is 0 Å². The number of rotatable bonds is 6. The molecule has 100 valence electrons. The van der Waals surface area contributed by atoms with Gasteiger partial charge in [0.1, 0.15) is 0 Å². The highest BCUT2D eigenvalue weighted by Gasteiger charge is 2.09. The van der Waals surface area contributed by atoms with Crippen molar-refractivity contribution in [1.29, 1.82) is 0 Å². The zero-order chi connectivity index (χ0) is 12.6. The van der Waals surface area contributed by atoms with Crippen molar-refractivity contribution in [2.75, 3.05) is 39.4 Å². The molecule has 0 atom stereocenters. The predicted octanol–water partition coefficient (Wildman–Crippen LogP) is 0.524. The van der Waals surface area contributed by atoms with Crippen LogP contribution in [0.15, 0.2) is 10.9 Å². The Morgan fingerprint density at radius 2 is 2.33 bits per heavy atom. The first kappa shape index (κ1) is 13.5. The van der Waals surface area contributed by atoms with Crippen molar-refractivity contribution < 1.29 is 9.53 Å². The van der Waals surface area contributed by atoms with Crippen LogP contribution in [0.3, 0.4) is 0 Å². The molecule has 1 amide bonds. The molecule has 0 bridgehead atoms. The molecule has 18 heavy (non-hydrogen) atoms. The first-order valence-electron chi connectivity index (χ1n) is 6.28. The third-order valence-electron chi connectivity index (χ3n) is 2.90. The van der Waals surface area contributed by atoms with Gasteiger partial charge in [-0.2, -0.15) is 0 Å². The van der Waals surface area contributed by atoms with Crippen LogP contribution in [0.1, 0.15) is 12.1 Å². The van der Waals surface area contributed by atoms with E-state index in [4.69, 9.17) is 4.74 Å². The molecule has 5 nitrogen and oxygen atoms in total. The normalized spacial score (nSPS) is 16.7. The maximum Gasteiger partial charge on any atom is 0.226 e. The number of morpholine rings is 1. The molecule has 2 heterocycles. The molecule has 0 radical (unpaired) electrons. The first-order valence-corrected chi connectivity index (χ1v) is 7.23. The van der Waals surface area contributed by atoms with Crippen molar-refractivity contribution in [3.05, 3.63) is 16.6 Å². The summed E-state index contributed by atoms with van der Waals surface area (Å²) in [6, 6.07) is 0. The molecule has 1 aromatic rings. The Balaban J connectivity index is 1.53. The number of ether oxygens (including phenoxy) is 1. The standard InChI is InChI=1S/C12H19N3O2S/c16-12(8-11-9-18-10-14-11)13-2-1-3-15-4-6-17-7-5-15/h9-10H,1-8H2,(H,13,16). The van der Waals surface area contributed by atoms with Crippen LogP contribution < -0.4 is 5.32 Å². The van der Waals surface area contributed by atoms with Gasteiger partial charge < -0.3 is 10.1 Å². The molecule has 0 unspecified atom stereocenters. The fraction of sp³-hybridized carbons (Fsp3) is 0.667. The van der Waals surface area contributed by atoms with Crippen molar-refractivity contribution in [3.8, 4) is 0 Å². The van der Waals surface area contributed by atoms with Crippen LogP contribution in [-0.2, 0) is 16.0 Å². The smallest absolute Gasteiger partial charge is 0.226 e. The molecule has 1 aliphatic heterocycles. The summed E-state index contributed by atoms with van der Waals surface area (Å²) in [5.41, 5.74) is 2.60. The second kappa shape index (κ2) is 7.45. The van der Waals surface area contributed by atoms with Gasteiger partial charge in [-0.05, 0) is 13.0 Å². The summed E-state index contributed by atoms with van der Waals surface area (Å²) >= 11 is 1.52. The Bertz CT molecular complexity index is 350. The Morgan fingerprint density at radius 1 is 1.50 bits per heavy atom. The van der Waals surface area contributed by atoms with E-state index in [2.05, 4.69) is 15.2 Å². The lowest BCUT2D eigenvalue weighted by Gasteiger charge is -2.26. The highest BCUT2D eigenvalue weighted by atomic mass is 32.1. The average Bonchev–Trinajstić information content (AvgIpc) is 2.89. The number of thiazole rings is 1. The lowest BCUT2D eigenvalue weighted by atomic mass is 10.3. The molecule has 1 N–H and O–H groups in total. The molecule has 6 heteroatoms. The van der Waals surface area contributed by atoms with E-state index in [1.807, 2.05) is 5.38 Å². The average molecular weight is 269 g/mol. The summed E-state index contributed by atoms with van der Waals surface area (Å²) in [4.78, 5) is 18.0. The van der Waals surface area contributed by atoms with E-state index in [0.717, 1.165) is 51.5 Å². The topological polar surface area (TPSA) is 54.5 Å². The van der Waals surface area contributed by atoms with E-state index in [0.29, 0.717) is 6.42 Å². The van der Waals surface area contributed by atoms with Crippen LogP contribution in [0, 0.1) is 0 Å². The van der Waals surface area contributed by atoms with Crippen LogP contribution in [0.5, 0.6) is 0 Å². The van der Waals surface area contributed by atoms with Crippen molar-refractivity contribution in [1.82, 2.24) is 15.2 Å². The molecule has 0 aliphatic carbocycles. The Morgan fingerprint density at radius 3 is 3.06 bits per heavy atom. The number of hydrogen-bond acceptors (Lipinski definition) is 5. The summed E-state index contributed by atoms with van der Waals surface area (Å²) < 4.78 is 5.29. The molecular formula is C12H19N3O2S. The van der Waals surface area contributed by atoms with E-state index in [-0.39, 0.29) is 5.91 Å². The molecule has 1 aliphatic rings. The quantitative estimate of drug-likeness (QED) is 0.765. The maximum atomic E-state index is 11.6. The third kappa shape index (κ3) is 4.72. The van der Waals surface area contributed by atoms with E-state index < -0.39 is 0 Å². The molecule has 1 saturated heterocycles. The summed E-state index contributed by atoms with van der Waals surface area (Å²) in [6.07, 6.45) is 1.38. The second-order valence-corrected chi connectivity index (χ2v) is 5.03. The maximum absolute atomic E-state index is 11.6. The van der Waals surface area contributed by atoms with E-state index in [1.54, 1.807) is 5.51 Å². The number of carbonyl (C=O) groups excluding carboxylic acids is 1. The Kier molecular flexibility index (Phi) is 5.57. The van der Waals surface area contributed by atoms with Gasteiger partial charge in [0.25, 0.3) is 0 Å². The fourth-order valence-corrected chi connectivity index (χ4v) is 2.47. The predicted molar refractivity (Wildman–Crippen MR) is 70.7 cm³/mol. The number of amides is 1. The van der Waals surface area contributed by atoms with Gasteiger partial charge in [-0.25, -0.2) is 4.98 Å². The lowest BCUT2D eigenvalue weighted by molar-refractivity contribution is -0.120. The summed E-state index contributed by atoms with van der Waals surface area (Å²) in [6.45, 7) is 5.44. The minimum absolute atomic E-state index is 0.0582. The summed E-state index contributed by atoms with van der Waals surface area (Å²) in [5.74, 6) is 0.0582. The van der Waals surface area contributed by atoms with E-state index in [9.17, 15) is 4.79 Å². The van der Waals surface area contributed by atoms with E-state index >= 15 is 0 Å². The SMILES string of the molecule is O=C(Cc1cscn1)NCCCN1CCOCC1. The number of carbonyl (C=O) groups is 1. The minimum Gasteiger partial charge on any atom is -0.379 e. The third-order valence-corrected chi connectivity index (χ3v) is 3.54. The molecule has 0 aromatic carbocycles. The minimum atomic E-state index is 0.0582. The van der Waals surface area contributed by atoms with Gasteiger partial charge in [0.15, 0.2) is 0 Å². The first-order chi connectivity index (χ1) is 8.84. The summed E-state index contributed by atoms with van der Waals surface area (Å²) in [7, 11) is 0. The molecule has 0 spiro atoms. The van der Waals surface area contributed by atoms with Crippen LogP contribution in [0.2, 0.25) is 0 Å². The molecule has 1 fully saturated rings.